The van der Waals surface area contributed by atoms with Crippen molar-refractivity contribution < 1.29 is 0 Å². The van der Waals surface area contributed by atoms with Crippen molar-refractivity contribution >= 4 is 34.8 Å². The summed E-state index contributed by atoms with van der Waals surface area (Å²) in [5.74, 6) is 0. The zero-order valence-corrected chi connectivity index (χ0v) is 10.4. The molecule has 2 aromatic rings. The van der Waals surface area contributed by atoms with E-state index >= 15 is 0 Å². The number of rotatable bonds is 2. The van der Waals surface area contributed by atoms with Crippen molar-refractivity contribution in [3.05, 3.63) is 69.3 Å². The molecular weight excluding hydrogens is 264 g/mol. The Kier molecular flexibility index (Phi) is 3.70. The summed E-state index contributed by atoms with van der Waals surface area (Å²) in [6, 6.07) is 9.75. The quantitative estimate of drug-likeness (QED) is 0.775. The van der Waals surface area contributed by atoms with Crippen LogP contribution in [0.25, 0.3) is 0 Å². The van der Waals surface area contributed by atoms with E-state index in [1.54, 1.807) is 0 Å². The third-order valence-electron chi connectivity index (χ3n) is 2.05. The van der Waals surface area contributed by atoms with E-state index in [9.17, 15) is 0 Å². The number of halogens is 3. The molecule has 1 radical (unpaired) electrons. The molecule has 0 aliphatic rings. The molecule has 0 N–H and O–H groups in total. The maximum atomic E-state index is 6.04. The topological polar surface area (TPSA) is 12.9 Å². The Bertz CT molecular complexity index is 497. The predicted molar refractivity (Wildman–Crippen MR) is 68.2 cm³/mol. The first-order valence-electron chi connectivity index (χ1n) is 4.58. The highest BCUT2D eigenvalue weighted by atomic mass is 35.5. The summed E-state index contributed by atoms with van der Waals surface area (Å²) in [6.07, 6.45) is 3.34. The number of hydrogen-bond donors (Lipinski definition) is 0. The molecule has 0 saturated carbocycles. The van der Waals surface area contributed by atoms with Crippen LogP contribution in [0, 0.1) is 6.42 Å². The van der Waals surface area contributed by atoms with Crippen LogP contribution in [0.2, 0.25) is 15.1 Å². The SMILES string of the molecule is Clc1cnc([CH]c2ccccc2)c(Cl)c1Cl. The third kappa shape index (κ3) is 2.49. The largest absolute Gasteiger partial charge is 0.257 e. The monoisotopic (exact) mass is 270 g/mol. The Hall–Kier alpha value is -0.760. The van der Waals surface area contributed by atoms with E-state index in [2.05, 4.69) is 4.98 Å². The average Bonchev–Trinajstić information content (AvgIpc) is 2.31. The second kappa shape index (κ2) is 5.05. The molecule has 1 nitrogen and oxygen atoms in total. The Morgan fingerprint density at radius 1 is 0.938 bits per heavy atom. The first kappa shape index (κ1) is 11.7. The van der Waals surface area contributed by atoms with E-state index in [0.717, 1.165) is 5.56 Å². The summed E-state index contributed by atoms with van der Waals surface area (Å²) in [5.41, 5.74) is 1.62. The highest BCUT2D eigenvalue weighted by molar-refractivity contribution is 6.48. The minimum absolute atomic E-state index is 0.334. The molecule has 0 atom stereocenters. The molecule has 0 fully saturated rings. The van der Waals surface area contributed by atoms with E-state index in [0.29, 0.717) is 20.8 Å². The molecule has 1 heterocycles. The lowest BCUT2D eigenvalue weighted by atomic mass is 10.1. The Morgan fingerprint density at radius 3 is 2.31 bits per heavy atom. The fourth-order valence-electron chi connectivity index (χ4n) is 1.26. The van der Waals surface area contributed by atoms with Gasteiger partial charge in [-0.15, -0.1) is 0 Å². The Morgan fingerprint density at radius 2 is 1.62 bits per heavy atom. The highest BCUT2D eigenvalue weighted by Gasteiger charge is 2.10. The molecule has 0 spiro atoms. The van der Waals surface area contributed by atoms with Gasteiger partial charge in [0.15, 0.2) is 0 Å². The van der Waals surface area contributed by atoms with Crippen LogP contribution in [-0.2, 0) is 0 Å². The molecule has 0 bridgehead atoms. The predicted octanol–water partition coefficient (Wildman–Crippen LogP) is 4.64. The van der Waals surface area contributed by atoms with Crippen LogP contribution >= 0.6 is 34.8 Å². The lowest BCUT2D eigenvalue weighted by molar-refractivity contribution is 1.22. The van der Waals surface area contributed by atoms with Crippen LogP contribution in [0.1, 0.15) is 11.3 Å². The van der Waals surface area contributed by atoms with Gasteiger partial charge in [-0.05, 0) is 5.56 Å². The van der Waals surface area contributed by atoms with Gasteiger partial charge in [-0.1, -0.05) is 65.1 Å². The van der Waals surface area contributed by atoms with Crippen LogP contribution in [0.5, 0.6) is 0 Å². The number of aromatic nitrogens is 1. The number of nitrogens with zero attached hydrogens (tertiary/aromatic N) is 1. The van der Waals surface area contributed by atoms with Crippen molar-refractivity contribution in [2.75, 3.05) is 0 Å². The smallest absolute Gasteiger partial charge is 0.0829 e. The van der Waals surface area contributed by atoms with Crippen molar-refractivity contribution in [3.8, 4) is 0 Å². The molecular formula is C12H7Cl3N. The highest BCUT2D eigenvalue weighted by Crippen LogP contribution is 2.32. The average molecular weight is 272 g/mol. The molecule has 1 aromatic heterocycles. The summed E-state index contributed by atoms with van der Waals surface area (Å²) < 4.78 is 0. The summed E-state index contributed by atoms with van der Waals surface area (Å²) in [6.45, 7) is 0. The van der Waals surface area contributed by atoms with Crippen LogP contribution < -0.4 is 0 Å². The first-order valence-corrected chi connectivity index (χ1v) is 5.71. The fourth-order valence-corrected chi connectivity index (χ4v) is 1.81. The standard InChI is InChI=1S/C12H7Cl3N/c13-9-7-16-10(12(15)11(9)14)6-8-4-2-1-3-5-8/h1-7H. The minimum Gasteiger partial charge on any atom is -0.257 e. The minimum atomic E-state index is 0.334. The van der Waals surface area contributed by atoms with Gasteiger partial charge in [0.05, 0.1) is 20.8 Å². The molecule has 0 amide bonds. The van der Waals surface area contributed by atoms with E-state index in [1.807, 2.05) is 36.8 Å². The van der Waals surface area contributed by atoms with Crippen molar-refractivity contribution in [2.24, 2.45) is 0 Å². The molecule has 0 unspecified atom stereocenters. The number of benzene rings is 1. The van der Waals surface area contributed by atoms with Gasteiger partial charge in [0.25, 0.3) is 0 Å². The molecule has 0 aliphatic heterocycles. The van der Waals surface area contributed by atoms with Gasteiger partial charge in [0.2, 0.25) is 0 Å². The molecule has 0 saturated heterocycles. The maximum Gasteiger partial charge on any atom is 0.0829 e. The molecule has 1 aromatic carbocycles. The van der Waals surface area contributed by atoms with Gasteiger partial charge >= 0.3 is 0 Å². The van der Waals surface area contributed by atoms with Gasteiger partial charge in [-0.25, -0.2) is 0 Å². The maximum absolute atomic E-state index is 6.04. The second-order valence-corrected chi connectivity index (χ2v) is 4.34. The number of pyridine rings is 1. The lowest BCUT2D eigenvalue weighted by Crippen LogP contribution is -1.91. The summed E-state index contributed by atoms with van der Waals surface area (Å²) in [4.78, 5) is 4.13. The van der Waals surface area contributed by atoms with Gasteiger partial charge < -0.3 is 0 Å². The van der Waals surface area contributed by atoms with Crippen molar-refractivity contribution in [1.82, 2.24) is 4.98 Å². The lowest BCUT2D eigenvalue weighted by Gasteiger charge is -2.05. The van der Waals surface area contributed by atoms with Crippen molar-refractivity contribution in [1.29, 1.82) is 0 Å². The zero-order valence-electron chi connectivity index (χ0n) is 8.12. The normalized spacial score (nSPS) is 10.4. The van der Waals surface area contributed by atoms with Crippen molar-refractivity contribution in [3.63, 3.8) is 0 Å². The van der Waals surface area contributed by atoms with Gasteiger partial charge in [0.1, 0.15) is 0 Å². The molecule has 4 heteroatoms. The van der Waals surface area contributed by atoms with Crippen LogP contribution in [-0.4, -0.2) is 4.98 Å². The van der Waals surface area contributed by atoms with Crippen molar-refractivity contribution in [2.45, 2.75) is 0 Å². The summed E-state index contributed by atoms with van der Waals surface area (Å²) in [7, 11) is 0. The van der Waals surface area contributed by atoms with Gasteiger partial charge in [-0.3, -0.25) is 4.98 Å². The zero-order chi connectivity index (χ0) is 11.5. The van der Waals surface area contributed by atoms with E-state index in [4.69, 9.17) is 34.8 Å². The van der Waals surface area contributed by atoms with Gasteiger partial charge in [0, 0.05) is 12.6 Å². The molecule has 2 rings (SSSR count). The Labute approximate surface area is 109 Å². The molecule has 16 heavy (non-hydrogen) atoms. The summed E-state index contributed by atoms with van der Waals surface area (Å²) >= 11 is 17.8. The van der Waals surface area contributed by atoms with E-state index in [1.165, 1.54) is 6.20 Å². The third-order valence-corrected chi connectivity index (χ3v) is 3.30. The van der Waals surface area contributed by atoms with Crippen LogP contribution in [0.4, 0.5) is 0 Å². The van der Waals surface area contributed by atoms with Crippen LogP contribution in [0.15, 0.2) is 36.5 Å². The van der Waals surface area contributed by atoms with E-state index in [-0.39, 0.29) is 0 Å². The second-order valence-electron chi connectivity index (χ2n) is 3.17. The molecule has 81 valence electrons. The Balaban J connectivity index is 2.33. The van der Waals surface area contributed by atoms with Crippen LogP contribution in [0.3, 0.4) is 0 Å². The van der Waals surface area contributed by atoms with E-state index < -0.39 is 0 Å². The van der Waals surface area contributed by atoms with Gasteiger partial charge in [-0.2, -0.15) is 0 Å². The fraction of sp³-hybridized carbons (Fsp3) is 0. The molecule has 0 aliphatic carbocycles. The number of hydrogen-bond acceptors (Lipinski definition) is 1. The summed E-state index contributed by atoms with van der Waals surface area (Å²) in [5, 5.41) is 1.07. The first-order chi connectivity index (χ1) is 7.68.